The molecule has 0 spiro atoms. The van der Waals surface area contributed by atoms with E-state index in [4.69, 9.17) is 4.74 Å². The largest absolute Gasteiger partial charge is 0.444 e. The molecule has 2 atom stereocenters. The highest BCUT2D eigenvalue weighted by Crippen LogP contribution is 2.37. The quantitative estimate of drug-likeness (QED) is 0.723. The fraction of sp³-hybridized carbons (Fsp3) is 0.917. The average molecular weight is 229 g/mol. The Morgan fingerprint density at radius 1 is 1.38 bits per heavy atom. The molecular weight excluding hydrogens is 206 g/mol. The maximum atomic E-state index is 11.5. The van der Waals surface area contributed by atoms with Crippen LogP contribution in [0.5, 0.6) is 0 Å². The maximum Gasteiger partial charge on any atom is 0.407 e. The predicted octanol–water partition coefficient (Wildman–Crippen LogP) is 2.06. The second-order valence-electron chi connectivity index (χ2n) is 6.39. The molecule has 0 bridgehead atoms. The van der Waals surface area contributed by atoms with Gasteiger partial charge in [0.15, 0.2) is 0 Å². The highest BCUT2D eigenvalue weighted by atomic mass is 16.6. The van der Waals surface area contributed by atoms with E-state index in [9.17, 15) is 9.90 Å². The summed E-state index contributed by atoms with van der Waals surface area (Å²) in [5.41, 5.74) is -0.414. The second-order valence-corrected chi connectivity index (χ2v) is 6.39. The molecule has 1 aliphatic carbocycles. The summed E-state index contributed by atoms with van der Waals surface area (Å²) in [4.78, 5) is 11.5. The normalized spacial score (nSPS) is 28.9. The number of carbonyl (C=O) groups excluding carboxylic acids is 1. The summed E-state index contributed by atoms with van der Waals surface area (Å²) >= 11 is 0. The van der Waals surface area contributed by atoms with Crippen molar-refractivity contribution in [3.05, 3.63) is 0 Å². The molecule has 1 saturated carbocycles. The zero-order chi connectivity index (χ0) is 12.6. The number of ether oxygens (including phenoxy) is 1. The van der Waals surface area contributed by atoms with Gasteiger partial charge in [0.25, 0.3) is 0 Å². The Morgan fingerprint density at radius 3 is 2.31 bits per heavy atom. The number of nitrogens with one attached hydrogen (secondary N) is 1. The third-order valence-electron chi connectivity index (χ3n) is 2.70. The Bertz CT molecular complexity index is 268. The average Bonchev–Trinajstić information content (AvgIpc) is 2.19. The minimum absolute atomic E-state index is 0.0824. The summed E-state index contributed by atoms with van der Waals surface area (Å²) in [6.07, 6.45) is 0.581. The Hall–Kier alpha value is -0.770. The van der Waals surface area contributed by atoms with Gasteiger partial charge in [0, 0.05) is 0 Å². The van der Waals surface area contributed by atoms with E-state index >= 15 is 0 Å². The molecule has 0 saturated heterocycles. The molecule has 2 N–H and O–H groups in total. The Kier molecular flexibility index (Phi) is 3.53. The van der Waals surface area contributed by atoms with Crippen molar-refractivity contribution < 1.29 is 14.6 Å². The number of aliphatic hydroxyl groups is 1. The van der Waals surface area contributed by atoms with E-state index in [-0.39, 0.29) is 11.5 Å². The number of carbonyl (C=O) groups is 1. The standard InChI is InChI=1S/C12H23NO3/c1-11(2,3)16-10(15)13-8-6-12(4,5)7-9(8)14/h8-9,14H,6-7H2,1-5H3,(H,13,15)/t8-,9-/m0/s1. The fourth-order valence-electron chi connectivity index (χ4n) is 2.13. The van der Waals surface area contributed by atoms with Gasteiger partial charge in [-0.2, -0.15) is 0 Å². The number of aliphatic hydroxyl groups excluding tert-OH is 1. The molecule has 1 rings (SSSR count). The first kappa shape index (κ1) is 13.3. The molecule has 4 heteroatoms. The first-order valence-electron chi connectivity index (χ1n) is 5.77. The summed E-state index contributed by atoms with van der Waals surface area (Å²) in [7, 11) is 0. The smallest absolute Gasteiger partial charge is 0.407 e. The molecule has 0 aromatic rings. The van der Waals surface area contributed by atoms with Crippen LogP contribution in [-0.4, -0.2) is 28.9 Å². The van der Waals surface area contributed by atoms with E-state index < -0.39 is 17.8 Å². The molecule has 0 aromatic heterocycles. The third-order valence-corrected chi connectivity index (χ3v) is 2.70. The molecule has 4 nitrogen and oxygen atoms in total. The van der Waals surface area contributed by atoms with Gasteiger partial charge in [-0.3, -0.25) is 0 Å². The van der Waals surface area contributed by atoms with Crippen LogP contribution in [0.2, 0.25) is 0 Å². The number of hydrogen-bond acceptors (Lipinski definition) is 3. The molecule has 1 amide bonds. The van der Waals surface area contributed by atoms with E-state index in [1.807, 2.05) is 20.8 Å². The number of rotatable bonds is 1. The zero-order valence-corrected chi connectivity index (χ0v) is 10.8. The summed E-state index contributed by atoms with van der Waals surface area (Å²) < 4.78 is 5.15. The SMILES string of the molecule is CC1(C)C[C@H](NC(=O)OC(C)(C)C)[C@@H](O)C1. The molecule has 1 fully saturated rings. The lowest BCUT2D eigenvalue weighted by Crippen LogP contribution is -2.42. The van der Waals surface area contributed by atoms with Gasteiger partial charge < -0.3 is 15.2 Å². The lowest BCUT2D eigenvalue weighted by Gasteiger charge is -2.23. The maximum absolute atomic E-state index is 11.5. The lowest BCUT2D eigenvalue weighted by atomic mass is 9.91. The first-order valence-corrected chi connectivity index (χ1v) is 5.77. The van der Waals surface area contributed by atoms with Gasteiger partial charge in [-0.15, -0.1) is 0 Å². The molecule has 16 heavy (non-hydrogen) atoms. The van der Waals surface area contributed by atoms with Gasteiger partial charge in [-0.1, -0.05) is 13.8 Å². The second kappa shape index (κ2) is 4.24. The number of hydrogen-bond donors (Lipinski definition) is 2. The van der Waals surface area contributed by atoms with Crippen LogP contribution < -0.4 is 5.32 Å². The molecule has 94 valence electrons. The Labute approximate surface area is 97.4 Å². The highest BCUT2D eigenvalue weighted by Gasteiger charge is 2.39. The number of alkyl carbamates (subject to hydrolysis) is 1. The van der Waals surface area contributed by atoms with Crippen molar-refractivity contribution >= 4 is 6.09 Å². The van der Waals surface area contributed by atoms with Crippen molar-refractivity contribution in [2.45, 2.75) is 65.2 Å². The monoisotopic (exact) mass is 229 g/mol. The Balaban J connectivity index is 2.47. The molecule has 1 aliphatic rings. The molecule has 0 radical (unpaired) electrons. The summed E-state index contributed by atoms with van der Waals surface area (Å²) in [6, 6.07) is -0.190. The summed E-state index contributed by atoms with van der Waals surface area (Å²) in [5.74, 6) is 0. The van der Waals surface area contributed by atoms with Crippen molar-refractivity contribution in [2.24, 2.45) is 5.41 Å². The van der Waals surface area contributed by atoms with Gasteiger partial charge in [0.2, 0.25) is 0 Å². The van der Waals surface area contributed by atoms with Crippen LogP contribution in [0.3, 0.4) is 0 Å². The molecule has 0 aromatic carbocycles. The van der Waals surface area contributed by atoms with Crippen molar-refractivity contribution in [1.29, 1.82) is 0 Å². The van der Waals surface area contributed by atoms with Gasteiger partial charge in [0.05, 0.1) is 12.1 Å². The van der Waals surface area contributed by atoms with Crippen molar-refractivity contribution in [3.8, 4) is 0 Å². The summed E-state index contributed by atoms with van der Waals surface area (Å²) in [6.45, 7) is 9.64. The van der Waals surface area contributed by atoms with Crippen molar-refractivity contribution in [3.63, 3.8) is 0 Å². The zero-order valence-electron chi connectivity index (χ0n) is 10.8. The first-order chi connectivity index (χ1) is 7.09. The van der Waals surface area contributed by atoms with Crippen LogP contribution >= 0.6 is 0 Å². The van der Waals surface area contributed by atoms with Crippen LogP contribution in [0.1, 0.15) is 47.5 Å². The van der Waals surface area contributed by atoms with E-state index in [1.165, 1.54) is 0 Å². The van der Waals surface area contributed by atoms with Crippen LogP contribution in [-0.2, 0) is 4.74 Å². The lowest BCUT2D eigenvalue weighted by molar-refractivity contribution is 0.0450. The highest BCUT2D eigenvalue weighted by molar-refractivity contribution is 5.68. The topological polar surface area (TPSA) is 58.6 Å². The van der Waals surface area contributed by atoms with Gasteiger partial charge in [-0.25, -0.2) is 4.79 Å². The molecule has 0 heterocycles. The van der Waals surface area contributed by atoms with Crippen LogP contribution in [0.4, 0.5) is 4.79 Å². The van der Waals surface area contributed by atoms with Gasteiger partial charge in [-0.05, 0) is 39.0 Å². The van der Waals surface area contributed by atoms with Crippen LogP contribution in [0.25, 0.3) is 0 Å². The van der Waals surface area contributed by atoms with Gasteiger partial charge in [0.1, 0.15) is 5.60 Å². The third kappa shape index (κ3) is 4.00. The van der Waals surface area contributed by atoms with Crippen LogP contribution in [0.15, 0.2) is 0 Å². The van der Waals surface area contributed by atoms with E-state index in [2.05, 4.69) is 19.2 Å². The van der Waals surface area contributed by atoms with E-state index in [0.29, 0.717) is 6.42 Å². The molecular formula is C12H23NO3. The van der Waals surface area contributed by atoms with Crippen LogP contribution in [0, 0.1) is 5.41 Å². The fourth-order valence-corrected chi connectivity index (χ4v) is 2.13. The van der Waals surface area contributed by atoms with Gasteiger partial charge >= 0.3 is 6.09 Å². The van der Waals surface area contributed by atoms with E-state index in [1.54, 1.807) is 0 Å². The molecule has 0 unspecified atom stereocenters. The molecule has 0 aliphatic heterocycles. The minimum atomic E-state index is -0.497. The summed E-state index contributed by atoms with van der Waals surface area (Å²) in [5, 5.41) is 12.5. The van der Waals surface area contributed by atoms with Crippen molar-refractivity contribution in [1.82, 2.24) is 5.32 Å². The Morgan fingerprint density at radius 2 is 1.94 bits per heavy atom. The van der Waals surface area contributed by atoms with E-state index in [0.717, 1.165) is 6.42 Å². The predicted molar refractivity (Wildman–Crippen MR) is 62.2 cm³/mol. The van der Waals surface area contributed by atoms with Crippen molar-refractivity contribution in [2.75, 3.05) is 0 Å². The minimum Gasteiger partial charge on any atom is -0.444 e. The number of amides is 1.